The van der Waals surface area contributed by atoms with Gasteiger partial charge >= 0.3 is 0 Å². The molecule has 4 heteroatoms. The summed E-state index contributed by atoms with van der Waals surface area (Å²) in [7, 11) is 0. The van der Waals surface area contributed by atoms with Crippen LogP contribution in [0.5, 0.6) is 0 Å². The van der Waals surface area contributed by atoms with Crippen molar-refractivity contribution in [2.24, 2.45) is 0 Å². The Morgan fingerprint density at radius 2 is 2.43 bits per heavy atom. The zero-order valence-electron chi connectivity index (χ0n) is 8.73. The van der Waals surface area contributed by atoms with Crippen molar-refractivity contribution in [3.05, 3.63) is 16.6 Å². The van der Waals surface area contributed by atoms with E-state index < -0.39 is 0 Å². The van der Waals surface area contributed by atoms with Gasteiger partial charge in [-0.15, -0.1) is 11.3 Å². The predicted molar refractivity (Wildman–Crippen MR) is 59.4 cm³/mol. The van der Waals surface area contributed by atoms with Crippen LogP contribution in [0, 0.1) is 0 Å². The summed E-state index contributed by atoms with van der Waals surface area (Å²) < 4.78 is 0. The maximum absolute atomic E-state index is 9.12. The van der Waals surface area contributed by atoms with Crippen molar-refractivity contribution in [3.8, 4) is 0 Å². The third-order valence-corrected chi connectivity index (χ3v) is 3.00. The number of rotatable bonds is 6. The van der Waals surface area contributed by atoms with Gasteiger partial charge in [-0.2, -0.15) is 0 Å². The van der Waals surface area contributed by atoms with Crippen LogP contribution >= 0.6 is 11.3 Å². The average Bonchev–Trinajstić information content (AvgIpc) is 2.64. The summed E-state index contributed by atoms with van der Waals surface area (Å²) >= 11 is 1.68. The maximum Gasteiger partial charge on any atom is 0.109 e. The molecule has 0 aromatic carbocycles. The molecule has 3 nitrogen and oxygen atoms in total. The number of aliphatic hydroxyl groups is 1. The molecular weight excluding hydrogens is 196 g/mol. The predicted octanol–water partition coefficient (Wildman–Crippen LogP) is 1.95. The molecule has 1 rings (SSSR count). The SMILES string of the molecule is CCC(NCCC(C)O)c1nccs1. The van der Waals surface area contributed by atoms with Crippen LogP contribution in [-0.4, -0.2) is 22.7 Å². The highest BCUT2D eigenvalue weighted by atomic mass is 32.1. The van der Waals surface area contributed by atoms with Gasteiger partial charge in [0.1, 0.15) is 5.01 Å². The van der Waals surface area contributed by atoms with Crippen LogP contribution in [-0.2, 0) is 0 Å². The quantitative estimate of drug-likeness (QED) is 0.761. The van der Waals surface area contributed by atoms with Crippen LogP contribution in [0.1, 0.15) is 37.7 Å². The second kappa shape index (κ2) is 6.11. The number of hydrogen-bond donors (Lipinski definition) is 2. The smallest absolute Gasteiger partial charge is 0.109 e. The lowest BCUT2D eigenvalue weighted by Crippen LogP contribution is -2.24. The minimum Gasteiger partial charge on any atom is -0.393 e. The first kappa shape index (κ1) is 11.6. The molecule has 2 unspecified atom stereocenters. The molecule has 1 aromatic heterocycles. The first-order valence-corrected chi connectivity index (χ1v) is 5.92. The van der Waals surface area contributed by atoms with E-state index in [2.05, 4.69) is 17.2 Å². The zero-order chi connectivity index (χ0) is 10.4. The molecule has 1 heterocycles. The molecule has 1 aromatic rings. The van der Waals surface area contributed by atoms with Crippen LogP contribution in [0.15, 0.2) is 11.6 Å². The molecule has 0 saturated carbocycles. The van der Waals surface area contributed by atoms with Gasteiger partial charge in [0, 0.05) is 11.6 Å². The van der Waals surface area contributed by atoms with Crippen LogP contribution in [0.3, 0.4) is 0 Å². The molecule has 0 saturated heterocycles. The van der Waals surface area contributed by atoms with E-state index in [0.717, 1.165) is 24.4 Å². The summed E-state index contributed by atoms with van der Waals surface area (Å²) in [5, 5.41) is 15.6. The summed E-state index contributed by atoms with van der Waals surface area (Å²) in [6.45, 7) is 4.79. The first-order valence-electron chi connectivity index (χ1n) is 5.05. The molecule has 0 aliphatic heterocycles. The largest absolute Gasteiger partial charge is 0.393 e. The third-order valence-electron chi connectivity index (χ3n) is 2.11. The fraction of sp³-hybridized carbons (Fsp3) is 0.700. The summed E-state index contributed by atoms with van der Waals surface area (Å²) in [5.74, 6) is 0. The lowest BCUT2D eigenvalue weighted by atomic mass is 10.2. The number of nitrogens with zero attached hydrogens (tertiary/aromatic N) is 1. The Labute approximate surface area is 89.2 Å². The highest BCUT2D eigenvalue weighted by Crippen LogP contribution is 2.18. The van der Waals surface area contributed by atoms with Crippen LogP contribution < -0.4 is 5.32 Å². The summed E-state index contributed by atoms with van der Waals surface area (Å²) in [4.78, 5) is 4.28. The van der Waals surface area contributed by atoms with Gasteiger partial charge < -0.3 is 10.4 Å². The van der Waals surface area contributed by atoms with Crippen molar-refractivity contribution in [2.45, 2.75) is 38.8 Å². The Kier molecular flexibility index (Phi) is 5.07. The monoisotopic (exact) mass is 214 g/mol. The fourth-order valence-electron chi connectivity index (χ4n) is 1.28. The van der Waals surface area contributed by atoms with E-state index in [1.807, 2.05) is 18.5 Å². The molecular formula is C10H18N2OS. The molecule has 0 bridgehead atoms. The highest BCUT2D eigenvalue weighted by molar-refractivity contribution is 7.09. The van der Waals surface area contributed by atoms with Gasteiger partial charge in [-0.25, -0.2) is 4.98 Å². The van der Waals surface area contributed by atoms with Gasteiger partial charge in [0.05, 0.1) is 12.1 Å². The Morgan fingerprint density at radius 1 is 1.64 bits per heavy atom. The van der Waals surface area contributed by atoms with E-state index in [-0.39, 0.29) is 6.10 Å². The number of aliphatic hydroxyl groups excluding tert-OH is 1. The summed E-state index contributed by atoms with van der Waals surface area (Å²) in [6, 6.07) is 0.341. The van der Waals surface area contributed by atoms with Crippen molar-refractivity contribution in [1.29, 1.82) is 0 Å². The van der Waals surface area contributed by atoms with Crippen molar-refractivity contribution in [3.63, 3.8) is 0 Å². The van der Waals surface area contributed by atoms with E-state index in [1.165, 1.54) is 0 Å². The minimum absolute atomic E-state index is 0.226. The molecule has 0 spiro atoms. The standard InChI is InChI=1S/C10H18N2OS/c1-3-9(10-12-6-7-14-10)11-5-4-8(2)13/h6-9,11,13H,3-5H2,1-2H3. The van der Waals surface area contributed by atoms with Crippen molar-refractivity contribution in [2.75, 3.05) is 6.54 Å². The van der Waals surface area contributed by atoms with Gasteiger partial charge in [-0.05, 0) is 26.3 Å². The first-order chi connectivity index (χ1) is 6.74. The molecule has 2 atom stereocenters. The molecule has 0 amide bonds. The van der Waals surface area contributed by atoms with Crippen LogP contribution in [0.25, 0.3) is 0 Å². The molecule has 0 radical (unpaired) electrons. The maximum atomic E-state index is 9.12. The van der Waals surface area contributed by atoms with E-state index in [4.69, 9.17) is 5.11 Å². The van der Waals surface area contributed by atoms with E-state index in [0.29, 0.717) is 6.04 Å². The van der Waals surface area contributed by atoms with Crippen molar-refractivity contribution >= 4 is 11.3 Å². The Bertz CT molecular complexity index is 236. The zero-order valence-corrected chi connectivity index (χ0v) is 9.55. The van der Waals surface area contributed by atoms with Gasteiger partial charge in [-0.3, -0.25) is 0 Å². The number of thiazole rings is 1. The third kappa shape index (κ3) is 3.74. The van der Waals surface area contributed by atoms with Gasteiger partial charge in [0.25, 0.3) is 0 Å². The fourth-order valence-corrected chi connectivity index (χ4v) is 2.08. The lowest BCUT2D eigenvalue weighted by molar-refractivity contribution is 0.182. The second-order valence-corrected chi connectivity index (χ2v) is 4.35. The Hall–Kier alpha value is -0.450. The number of aromatic nitrogens is 1. The van der Waals surface area contributed by atoms with Crippen molar-refractivity contribution in [1.82, 2.24) is 10.3 Å². The molecule has 0 fully saturated rings. The number of hydrogen-bond acceptors (Lipinski definition) is 4. The van der Waals surface area contributed by atoms with Gasteiger partial charge in [0.15, 0.2) is 0 Å². The van der Waals surface area contributed by atoms with Crippen molar-refractivity contribution < 1.29 is 5.11 Å². The van der Waals surface area contributed by atoms with E-state index in [1.54, 1.807) is 11.3 Å². The summed E-state index contributed by atoms with van der Waals surface area (Å²) in [5.41, 5.74) is 0. The van der Waals surface area contributed by atoms with Gasteiger partial charge in [0.2, 0.25) is 0 Å². The Balaban J connectivity index is 2.33. The lowest BCUT2D eigenvalue weighted by Gasteiger charge is -2.14. The molecule has 2 N–H and O–H groups in total. The van der Waals surface area contributed by atoms with E-state index >= 15 is 0 Å². The highest BCUT2D eigenvalue weighted by Gasteiger charge is 2.10. The van der Waals surface area contributed by atoms with E-state index in [9.17, 15) is 0 Å². The topological polar surface area (TPSA) is 45.1 Å². The summed E-state index contributed by atoms with van der Waals surface area (Å²) in [6.07, 6.45) is 3.44. The van der Waals surface area contributed by atoms with Gasteiger partial charge in [-0.1, -0.05) is 6.92 Å². The molecule has 0 aliphatic rings. The molecule has 80 valence electrons. The van der Waals surface area contributed by atoms with Crippen LogP contribution in [0.2, 0.25) is 0 Å². The number of nitrogens with one attached hydrogen (secondary N) is 1. The average molecular weight is 214 g/mol. The minimum atomic E-state index is -0.226. The second-order valence-electron chi connectivity index (χ2n) is 3.42. The molecule has 14 heavy (non-hydrogen) atoms. The van der Waals surface area contributed by atoms with Crippen LogP contribution in [0.4, 0.5) is 0 Å². The Morgan fingerprint density at radius 3 is 2.93 bits per heavy atom. The molecule has 0 aliphatic carbocycles. The normalized spacial score (nSPS) is 15.4.